The van der Waals surface area contributed by atoms with Crippen molar-refractivity contribution < 1.29 is 5.11 Å². The minimum atomic E-state index is 0.255. The number of unbranched alkanes of at least 4 members (excludes halogenated alkanes) is 1. The first-order valence-corrected chi connectivity index (χ1v) is 9.08. The van der Waals surface area contributed by atoms with Gasteiger partial charge in [0.25, 0.3) is 0 Å². The molecule has 0 spiro atoms. The van der Waals surface area contributed by atoms with Gasteiger partial charge in [-0.05, 0) is 31.4 Å². The Morgan fingerprint density at radius 3 is 2.09 bits per heavy atom. The molecule has 0 saturated heterocycles. The van der Waals surface area contributed by atoms with E-state index >= 15 is 0 Å². The molecule has 0 unspecified atom stereocenters. The van der Waals surface area contributed by atoms with E-state index in [9.17, 15) is 0 Å². The van der Waals surface area contributed by atoms with E-state index in [4.69, 9.17) is 5.11 Å². The number of nitrogens with one attached hydrogen (secondary N) is 1. The molecule has 0 fully saturated rings. The normalized spacial score (nSPS) is 9.52. The highest BCUT2D eigenvalue weighted by molar-refractivity contribution is 5.20. The predicted octanol–water partition coefficient (Wildman–Crippen LogP) is 6.41. The van der Waals surface area contributed by atoms with Gasteiger partial charge in [-0.25, -0.2) is 0 Å². The zero-order valence-electron chi connectivity index (χ0n) is 16.3. The molecule has 0 saturated carbocycles. The number of hydrogen-bond acceptors (Lipinski definition) is 2. The Labute approximate surface area is 145 Å². The van der Waals surface area contributed by atoms with Crippen molar-refractivity contribution in [2.45, 2.75) is 73.8 Å². The molecule has 0 aliphatic carbocycles. The van der Waals surface area contributed by atoms with Crippen molar-refractivity contribution in [3.8, 4) is 0 Å². The van der Waals surface area contributed by atoms with Crippen molar-refractivity contribution in [2.75, 3.05) is 6.54 Å². The molecule has 2 N–H and O–H groups in total. The number of allylic oxidation sites excluding steroid dienone is 1. The summed E-state index contributed by atoms with van der Waals surface area (Å²) in [6, 6.07) is 8.76. The van der Waals surface area contributed by atoms with Crippen LogP contribution >= 0.6 is 0 Å². The van der Waals surface area contributed by atoms with E-state index in [2.05, 4.69) is 56.9 Å². The molecule has 23 heavy (non-hydrogen) atoms. The largest absolute Gasteiger partial charge is 0.513 e. The predicted molar refractivity (Wildman–Crippen MR) is 105 cm³/mol. The van der Waals surface area contributed by atoms with Crippen LogP contribution in [0.2, 0.25) is 0 Å². The van der Waals surface area contributed by atoms with E-state index in [1.165, 1.54) is 30.4 Å². The van der Waals surface area contributed by atoms with Crippen LogP contribution in [0.15, 0.2) is 36.6 Å². The summed E-state index contributed by atoms with van der Waals surface area (Å²) in [7, 11) is 0. The number of aliphatic hydroxyl groups is 1. The van der Waals surface area contributed by atoms with Gasteiger partial charge < -0.3 is 10.4 Å². The van der Waals surface area contributed by atoms with Crippen LogP contribution in [0.5, 0.6) is 0 Å². The van der Waals surface area contributed by atoms with Gasteiger partial charge in [-0.3, -0.25) is 0 Å². The van der Waals surface area contributed by atoms with Crippen LogP contribution in [0.4, 0.5) is 0 Å². The van der Waals surface area contributed by atoms with E-state index in [-0.39, 0.29) is 5.76 Å². The molecule has 1 aromatic carbocycles. The van der Waals surface area contributed by atoms with Crippen LogP contribution in [-0.4, -0.2) is 11.7 Å². The van der Waals surface area contributed by atoms with Crippen molar-refractivity contribution in [1.82, 2.24) is 5.32 Å². The van der Waals surface area contributed by atoms with Crippen LogP contribution in [0, 0.1) is 12.8 Å². The van der Waals surface area contributed by atoms with E-state index in [0.717, 1.165) is 19.0 Å². The monoisotopic (exact) mass is 321 g/mol. The van der Waals surface area contributed by atoms with E-state index in [1.807, 2.05) is 20.8 Å². The molecule has 0 radical (unpaired) electrons. The van der Waals surface area contributed by atoms with Crippen molar-refractivity contribution in [3.63, 3.8) is 0 Å². The van der Waals surface area contributed by atoms with Gasteiger partial charge in [0.2, 0.25) is 0 Å². The number of rotatable bonds is 8. The fourth-order valence-electron chi connectivity index (χ4n) is 1.74. The first kappa shape index (κ1) is 24.0. The topological polar surface area (TPSA) is 32.3 Å². The van der Waals surface area contributed by atoms with Gasteiger partial charge in [0.15, 0.2) is 0 Å². The number of hydrogen-bond donors (Lipinski definition) is 2. The summed E-state index contributed by atoms with van der Waals surface area (Å²) in [5, 5.41) is 11.7. The second-order valence-electron chi connectivity index (χ2n) is 5.97. The Bertz CT molecular complexity index is 368. The maximum Gasteiger partial charge on any atom is 0.0848 e. The van der Waals surface area contributed by atoms with Gasteiger partial charge in [0, 0.05) is 13.0 Å². The average molecular weight is 322 g/mol. The first-order chi connectivity index (χ1) is 11.0. The summed E-state index contributed by atoms with van der Waals surface area (Å²) in [6.45, 7) is 17.9. The lowest BCUT2D eigenvalue weighted by Gasteiger charge is -2.06. The maximum atomic E-state index is 8.17. The summed E-state index contributed by atoms with van der Waals surface area (Å²) >= 11 is 0. The molecule has 0 heterocycles. The molecule has 0 amide bonds. The summed E-state index contributed by atoms with van der Waals surface area (Å²) in [5.41, 5.74) is 2.72. The highest BCUT2D eigenvalue weighted by atomic mass is 16.3. The smallest absolute Gasteiger partial charge is 0.0848 e. The van der Waals surface area contributed by atoms with Gasteiger partial charge in [-0.15, -0.1) is 0 Å². The van der Waals surface area contributed by atoms with Crippen LogP contribution < -0.4 is 5.32 Å². The molecule has 0 bridgehead atoms. The molecule has 0 atom stereocenters. The van der Waals surface area contributed by atoms with Crippen molar-refractivity contribution in [3.05, 3.63) is 47.7 Å². The Hall–Kier alpha value is -1.28. The zero-order chi connectivity index (χ0) is 18.1. The third-order valence-corrected chi connectivity index (χ3v) is 3.24. The minimum absolute atomic E-state index is 0.255. The van der Waals surface area contributed by atoms with Gasteiger partial charge in [0.1, 0.15) is 0 Å². The Balaban J connectivity index is 0. The lowest BCUT2D eigenvalue weighted by molar-refractivity contribution is 0.397. The Kier molecular flexibility index (Phi) is 17.8. The molecular formula is C21H39NO. The van der Waals surface area contributed by atoms with E-state index in [0.29, 0.717) is 6.42 Å². The number of benzene rings is 1. The van der Waals surface area contributed by atoms with Gasteiger partial charge in [-0.2, -0.15) is 0 Å². The summed E-state index contributed by atoms with van der Waals surface area (Å²) in [6.07, 6.45) is 4.66. The summed E-state index contributed by atoms with van der Waals surface area (Å²) < 4.78 is 0. The van der Waals surface area contributed by atoms with E-state index < -0.39 is 0 Å². The molecule has 2 nitrogen and oxygen atoms in total. The molecule has 0 aromatic heterocycles. The Morgan fingerprint density at radius 2 is 1.65 bits per heavy atom. The molecule has 1 aromatic rings. The second kappa shape index (κ2) is 17.1. The standard InChI is InChI=1S/C15H25N.C4H8O.C2H6/c1-13(2)6-4-5-11-16-12-15-9-7-14(3)8-10-15;1-3-4(2)5;1-2/h7-10,13,16H,4-6,11-12H2,1-3H3;5H,2-3H2,1H3;1-2H3. The average Bonchev–Trinajstić information content (AvgIpc) is 2.54. The van der Waals surface area contributed by atoms with Crippen LogP contribution in [0.25, 0.3) is 0 Å². The van der Waals surface area contributed by atoms with Crippen molar-refractivity contribution in [2.24, 2.45) is 5.92 Å². The first-order valence-electron chi connectivity index (χ1n) is 9.08. The van der Waals surface area contributed by atoms with Crippen LogP contribution in [-0.2, 0) is 6.54 Å². The van der Waals surface area contributed by atoms with Crippen LogP contribution in [0.3, 0.4) is 0 Å². The third kappa shape index (κ3) is 18.7. The van der Waals surface area contributed by atoms with Crippen LogP contribution in [0.1, 0.15) is 71.4 Å². The highest BCUT2D eigenvalue weighted by Gasteiger charge is 1.95. The zero-order valence-corrected chi connectivity index (χ0v) is 16.3. The third-order valence-electron chi connectivity index (χ3n) is 3.24. The second-order valence-corrected chi connectivity index (χ2v) is 5.97. The lowest BCUT2D eigenvalue weighted by atomic mass is 10.1. The molecule has 2 heteroatoms. The minimum Gasteiger partial charge on any atom is -0.513 e. The summed E-state index contributed by atoms with van der Waals surface area (Å²) in [4.78, 5) is 0. The van der Waals surface area contributed by atoms with Gasteiger partial charge >= 0.3 is 0 Å². The number of aryl methyl sites for hydroxylation is 1. The fourth-order valence-corrected chi connectivity index (χ4v) is 1.74. The van der Waals surface area contributed by atoms with Gasteiger partial charge in [0.05, 0.1) is 5.76 Å². The van der Waals surface area contributed by atoms with Crippen molar-refractivity contribution >= 4 is 0 Å². The SMILES string of the molecule is C=C(O)CC.CC.Cc1ccc(CNCCCCC(C)C)cc1. The molecule has 134 valence electrons. The lowest BCUT2D eigenvalue weighted by Crippen LogP contribution is -2.14. The van der Waals surface area contributed by atoms with Crippen molar-refractivity contribution in [1.29, 1.82) is 0 Å². The summed E-state index contributed by atoms with van der Waals surface area (Å²) in [5.74, 6) is 1.10. The highest BCUT2D eigenvalue weighted by Crippen LogP contribution is 2.06. The molecule has 1 rings (SSSR count). The number of aliphatic hydroxyl groups excluding tert-OH is 1. The Morgan fingerprint density at radius 1 is 1.13 bits per heavy atom. The van der Waals surface area contributed by atoms with Gasteiger partial charge in [-0.1, -0.05) is 83.9 Å². The molecule has 0 aliphatic rings. The molecule has 0 aliphatic heterocycles. The molecular weight excluding hydrogens is 282 g/mol. The fraction of sp³-hybridized carbons (Fsp3) is 0.619. The maximum absolute atomic E-state index is 8.17. The van der Waals surface area contributed by atoms with E-state index in [1.54, 1.807) is 0 Å². The quantitative estimate of drug-likeness (QED) is 0.428.